The second kappa shape index (κ2) is 13.1. The highest BCUT2D eigenvalue weighted by Gasteiger charge is 2.35. The molecule has 0 fully saturated rings. The number of para-hydroxylation sites is 1. The lowest BCUT2D eigenvalue weighted by Crippen LogP contribution is -2.26. The van der Waals surface area contributed by atoms with Crippen LogP contribution < -0.4 is 10.4 Å². The van der Waals surface area contributed by atoms with Gasteiger partial charge in [0.2, 0.25) is 10.0 Å². The van der Waals surface area contributed by atoms with E-state index < -0.39 is 27.5 Å². The zero-order valence-corrected chi connectivity index (χ0v) is 25.9. The summed E-state index contributed by atoms with van der Waals surface area (Å²) in [7, 11) is -3.89. The molecule has 5 aromatic rings. The number of hydrogen-bond donors (Lipinski definition) is 1. The quantitative estimate of drug-likeness (QED) is 0.161. The smallest absolute Gasteiger partial charge is 0.274 e. The predicted octanol–water partition coefficient (Wildman–Crippen LogP) is 7.30. The second-order valence-corrected chi connectivity index (χ2v) is 13.2. The number of thiophene rings is 1. The summed E-state index contributed by atoms with van der Waals surface area (Å²) in [6.45, 7) is 2.11. The van der Waals surface area contributed by atoms with Crippen molar-refractivity contribution in [1.29, 1.82) is 0 Å². The third kappa shape index (κ3) is 6.83. The van der Waals surface area contributed by atoms with E-state index in [0.717, 1.165) is 17.2 Å². The van der Waals surface area contributed by atoms with Crippen LogP contribution in [0.2, 0.25) is 5.02 Å². The highest BCUT2D eigenvalue weighted by molar-refractivity contribution is 7.89. The molecule has 7 nitrogen and oxygen atoms in total. The van der Waals surface area contributed by atoms with Crippen molar-refractivity contribution in [2.24, 2.45) is 0 Å². The zero-order valence-electron chi connectivity index (χ0n) is 23.5. The second-order valence-electron chi connectivity index (χ2n) is 10.0. The molecule has 0 aliphatic carbocycles. The van der Waals surface area contributed by atoms with Crippen LogP contribution in [0, 0.1) is 0 Å². The number of alkyl halides is 3. The van der Waals surface area contributed by atoms with Crippen molar-refractivity contribution in [1.82, 2.24) is 19.1 Å². The molecule has 0 unspecified atom stereocenters. The number of benzene rings is 3. The van der Waals surface area contributed by atoms with Gasteiger partial charge in [-0.2, -0.15) is 17.9 Å². The summed E-state index contributed by atoms with van der Waals surface area (Å²) in [6, 6.07) is 20.2. The standard InChI is InChI=1S/C31H28ClF3N4O3S2/c1-2-3-12-29-37-39(26-10-6-5-9-24(26)31(33,34)35)30(40)38(29)20-21-13-15-22(16-14-21)23-8-4-7-11-28(23)44(41,42)36-19-27-25(32)17-18-43-27/h4-11,13-18,36H,2-3,12,19-20H2,1H3. The maximum absolute atomic E-state index is 13.7. The summed E-state index contributed by atoms with van der Waals surface area (Å²) >= 11 is 7.48. The van der Waals surface area contributed by atoms with Gasteiger partial charge in [0.25, 0.3) is 0 Å². The van der Waals surface area contributed by atoms with Crippen molar-refractivity contribution in [3.8, 4) is 16.8 Å². The first-order chi connectivity index (χ1) is 21.0. The van der Waals surface area contributed by atoms with Crippen LogP contribution in [0.1, 0.15) is 41.6 Å². The Balaban J connectivity index is 1.44. The Hall–Kier alpha value is -3.71. The van der Waals surface area contributed by atoms with Crippen molar-refractivity contribution >= 4 is 33.0 Å². The predicted molar refractivity (Wildman–Crippen MR) is 166 cm³/mol. The lowest BCUT2D eigenvalue weighted by molar-refractivity contribution is -0.137. The molecule has 0 radical (unpaired) electrons. The van der Waals surface area contributed by atoms with Crippen LogP contribution in [0.25, 0.3) is 16.8 Å². The maximum atomic E-state index is 13.7. The number of sulfonamides is 1. The average Bonchev–Trinajstić information content (AvgIpc) is 3.56. The largest absolute Gasteiger partial charge is 0.418 e. The van der Waals surface area contributed by atoms with Crippen LogP contribution in [0.5, 0.6) is 0 Å². The van der Waals surface area contributed by atoms with Crippen LogP contribution in [0.15, 0.2) is 93.9 Å². The number of nitrogens with one attached hydrogen (secondary N) is 1. The van der Waals surface area contributed by atoms with Crippen molar-refractivity contribution in [3.63, 3.8) is 0 Å². The molecule has 13 heteroatoms. The van der Waals surface area contributed by atoms with E-state index in [2.05, 4.69) is 9.82 Å². The van der Waals surface area contributed by atoms with E-state index in [1.54, 1.807) is 53.9 Å². The minimum atomic E-state index is -4.66. The fraction of sp³-hybridized carbons (Fsp3) is 0.226. The topological polar surface area (TPSA) is 86.0 Å². The summed E-state index contributed by atoms with van der Waals surface area (Å²) in [4.78, 5) is 14.3. The first kappa shape index (κ1) is 31.7. The molecule has 1 N–H and O–H groups in total. The van der Waals surface area contributed by atoms with Crippen molar-refractivity contribution in [2.45, 2.75) is 50.3 Å². The van der Waals surface area contributed by atoms with Crippen molar-refractivity contribution < 1.29 is 21.6 Å². The van der Waals surface area contributed by atoms with Gasteiger partial charge in [0.1, 0.15) is 5.82 Å². The highest BCUT2D eigenvalue weighted by Crippen LogP contribution is 2.33. The van der Waals surface area contributed by atoms with Crippen molar-refractivity contribution in [3.05, 3.63) is 122 Å². The molecule has 2 aromatic heterocycles. The Kier molecular flexibility index (Phi) is 9.45. The molecule has 0 bridgehead atoms. The lowest BCUT2D eigenvalue weighted by atomic mass is 10.0. The molecule has 230 valence electrons. The van der Waals surface area contributed by atoms with Gasteiger partial charge in [0, 0.05) is 23.4 Å². The van der Waals surface area contributed by atoms with Gasteiger partial charge in [-0.05, 0) is 47.2 Å². The normalized spacial score (nSPS) is 12.1. The number of unbranched alkanes of at least 4 members (excludes halogenated alkanes) is 1. The monoisotopic (exact) mass is 660 g/mol. The molecule has 5 rings (SSSR count). The molecular weight excluding hydrogens is 633 g/mol. The van der Waals surface area contributed by atoms with Gasteiger partial charge in [0.05, 0.1) is 27.7 Å². The van der Waals surface area contributed by atoms with Gasteiger partial charge in [-0.3, -0.25) is 4.57 Å². The van der Waals surface area contributed by atoms with E-state index in [4.69, 9.17) is 11.6 Å². The molecule has 44 heavy (non-hydrogen) atoms. The van der Waals surface area contributed by atoms with E-state index in [1.165, 1.54) is 40.2 Å². The molecule has 0 aliphatic rings. The molecular formula is C31H28ClF3N4O3S2. The number of aryl methyl sites for hydroxylation is 1. The molecule has 0 spiro atoms. The van der Waals surface area contributed by atoms with Crippen LogP contribution in [0.4, 0.5) is 13.2 Å². The summed E-state index contributed by atoms with van der Waals surface area (Å²) in [5.74, 6) is 0.381. The Bertz CT molecular complexity index is 1930. The van der Waals surface area contributed by atoms with Crippen LogP contribution in [0.3, 0.4) is 0 Å². The van der Waals surface area contributed by atoms with Gasteiger partial charge in [-0.15, -0.1) is 16.4 Å². The fourth-order valence-corrected chi connectivity index (χ4v) is 7.13. The lowest BCUT2D eigenvalue weighted by Gasteiger charge is -2.12. The minimum absolute atomic E-state index is 0.0579. The molecule has 0 saturated carbocycles. The Morgan fingerprint density at radius 3 is 2.36 bits per heavy atom. The van der Waals surface area contributed by atoms with Gasteiger partial charge < -0.3 is 0 Å². The fourth-order valence-electron chi connectivity index (χ4n) is 4.77. The SMILES string of the molecule is CCCCc1nn(-c2ccccc2C(F)(F)F)c(=O)n1Cc1ccc(-c2ccccc2S(=O)(=O)NCc2sccc2Cl)cc1. The number of nitrogens with zero attached hydrogens (tertiary/aromatic N) is 3. The average molecular weight is 661 g/mol. The van der Waals surface area contributed by atoms with Crippen LogP contribution in [-0.4, -0.2) is 22.8 Å². The minimum Gasteiger partial charge on any atom is -0.274 e. The van der Waals surface area contributed by atoms with Crippen LogP contribution in [-0.2, 0) is 35.7 Å². The number of rotatable bonds is 11. The van der Waals surface area contributed by atoms with E-state index >= 15 is 0 Å². The van der Waals surface area contributed by atoms with E-state index in [-0.39, 0.29) is 23.7 Å². The van der Waals surface area contributed by atoms with Crippen LogP contribution >= 0.6 is 22.9 Å². The molecule has 0 atom stereocenters. The molecule has 0 amide bonds. The van der Waals surface area contributed by atoms with Gasteiger partial charge >= 0.3 is 11.9 Å². The molecule has 2 heterocycles. The Labute approximate surface area is 261 Å². The summed E-state index contributed by atoms with van der Waals surface area (Å²) in [5.41, 5.74) is -0.129. The summed E-state index contributed by atoms with van der Waals surface area (Å²) < 4.78 is 72.5. The summed E-state index contributed by atoms with van der Waals surface area (Å²) in [5, 5.41) is 6.60. The zero-order chi connectivity index (χ0) is 31.5. The van der Waals surface area contributed by atoms with Gasteiger partial charge in [0.15, 0.2) is 0 Å². The van der Waals surface area contributed by atoms with E-state index in [9.17, 15) is 26.4 Å². The third-order valence-electron chi connectivity index (χ3n) is 7.03. The van der Waals surface area contributed by atoms with Gasteiger partial charge in [-0.25, -0.2) is 17.9 Å². The first-order valence-electron chi connectivity index (χ1n) is 13.7. The molecule has 3 aromatic carbocycles. The highest BCUT2D eigenvalue weighted by atomic mass is 35.5. The summed E-state index contributed by atoms with van der Waals surface area (Å²) in [6.07, 6.45) is -2.73. The molecule has 0 saturated heterocycles. The maximum Gasteiger partial charge on any atom is 0.418 e. The third-order valence-corrected chi connectivity index (χ3v) is 9.87. The van der Waals surface area contributed by atoms with Gasteiger partial charge in [-0.1, -0.05) is 79.5 Å². The first-order valence-corrected chi connectivity index (χ1v) is 16.5. The van der Waals surface area contributed by atoms with E-state index in [0.29, 0.717) is 45.3 Å². The molecule has 0 aliphatic heterocycles. The Morgan fingerprint density at radius 2 is 1.68 bits per heavy atom. The number of aromatic nitrogens is 3. The van der Waals surface area contributed by atoms with E-state index in [1.807, 2.05) is 6.92 Å². The van der Waals surface area contributed by atoms with Crippen molar-refractivity contribution in [2.75, 3.05) is 0 Å². The number of halogens is 4. The number of hydrogen-bond acceptors (Lipinski definition) is 5. The Morgan fingerprint density at radius 1 is 0.977 bits per heavy atom.